The summed E-state index contributed by atoms with van der Waals surface area (Å²) in [7, 11) is 0. The van der Waals surface area contributed by atoms with Crippen molar-refractivity contribution >= 4 is 40.1 Å². The molecule has 3 nitrogen and oxygen atoms in total. The summed E-state index contributed by atoms with van der Waals surface area (Å²) in [5.41, 5.74) is -3.11. The van der Waals surface area contributed by atoms with Crippen molar-refractivity contribution in [2.24, 2.45) is 4.99 Å². The first kappa shape index (κ1) is 29.8. The highest BCUT2D eigenvalue weighted by Crippen LogP contribution is 2.48. The van der Waals surface area contributed by atoms with Crippen molar-refractivity contribution in [2.75, 3.05) is 0 Å². The number of aryl methyl sites for hydroxylation is 1. The van der Waals surface area contributed by atoms with E-state index in [0.717, 1.165) is 0 Å². The summed E-state index contributed by atoms with van der Waals surface area (Å²) in [6.45, 7) is 1.53. The number of nitrogens with zero attached hydrogens (tertiary/aromatic N) is 1. The van der Waals surface area contributed by atoms with Crippen LogP contribution in [-0.2, 0) is 23.0 Å². The summed E-state index contributed by atoms with van der Waals surface area (Å²) in [4.78, 5) is 16.5. The number of halogens is 11. The maximum Gasteiger partial charge on any atom is 0.458 e. The van der Waals surface area contributed by atoms with Crippen LogP contribution in [-0.4, -0.2) is 24.2 Å². The molecular weight excluding hydrogens is 675 g/mol. The van der Waals surface area contributed by atoms with Crippen LogP contribution in [0.5, 0.6) is 0 Å². The number of carbonyl (C=O) groups is 1. The molecule has 0 radical (unpaired) electrons. The van der Waals surface area contributed by atoms with Crippen LogP contribution in [0.1, 0.15) is 43.7 Å². The summed E-state index contributed by atoms with van der Waals surface area (Å²) in [5.74, 6) is -12.0. The highest BCUT2D eigenvalue weighted by molar-refractivity contribution is 14.1. The number of hydrogen-bond donors (Lipinski definition) is 0. The van der Waals surface area contributed by atoms with E-state index in [1.165, 1.54) is 25.1 Å². The zero-order valence-electron chi connectivity index (χ0n) is 19.8. The lowest BCUT2D eigenvalue weighted by molar-refractivity contribution is -0.292. The van der Waals surface area contributed by atoms with Crippen LogP contribution in [0.15, 0.2) is 59.6 Å². The molecule has 40 heavy (non-hydrogen) atoms. The minimum atomic E-state index is -6.24. The van der Waals surface area contributed by atoms with Crippen LogP contribution >= 0.6 is 22.6 Å². The second kappa shape index (κ2) is 10.0. The second-order valence-corrected chi connectivity index (χ2v) is 9.99. The van der Waals surface area contributed by atoms with Gasteiger partial charge in [0, 0.05) is 14.7 Å². The van der Waals surface area contributed by atoms with Gasteiger partial charge in [-0.2, -0.15) is 43.9 Å². The van der Waals surface area contributed by atoms with Gasteiger partial charge in [-0.25, -0.2) is 9.79 Å². The monoisotopic (exact) mass is 689 g/mol. The Labute approximate surface area is 233 Å². The maximum atomic E-state index is 14.0. The molecule has 0 fully saturated rings. The fraction of sp³-hybridized carbons (Fsp3) is 0.231. The number of hydrogen-bond acceptors (Lipinski definition) is 3. The molecule has 0 aliphatic carbocycles. The van der Waals surface area contributed by atoms with E-state index >= 15 is 0 Å². The summed E-state index contributed by atoms with van der Waals surface area (Å²) in [5, 5.41) is 0. The minimum Gasteiger partial charge on any atom is -0.403 e. The van der Waals surface area contributed by atoms with Crippen LogP contribution in [0.3, 0.4) is 0 Å². The molecule has 0 bridgehead atoms. The lowest BCUT2D eigenvalue weighted by Crippen LogP contribution is -2.36. The van der Waals surface area contributed by atoms with Crippen LogP contribution in [0.2, 0.25) is 0 Å². The van der Waals surface area contributed by atoms with Gasteiger partial charge in [-0.15, -0.1) is 0 Å². The van der Waals surface area contributed by atoms with E-state index in [4.69, 9.17) is 4.74 Å². The van der Waals surface area contributed by atoms with Crippen molar-refractivity contribution in [3.8, 4) is 0 Å². The van der Waals surface area contributed by atoms with E-state index in [1.807, 2.05) is 22.6 Å². The summed E-state index contributed by atoms with van der Waals surface area (Å²) in [6, 6.07) is 9.08. The molecule has 3 aromatic carbocycles. The van der Waals surface area contributed by atoms with Gasteiger partial charge in [-0.05, 0) is 89.0 Å². The van der Waals surface area contributed by atoms with E-state index in [1.54, 1.807) is 18.2 Å². The quantitative estimate of drug-likeness (QED) is 0.153. The zero-order chi connectivity index (χ0) is 29.8. The number of rotatable bonds is 5. The van der Waals surface area contributed by atoms with Crippen LogP contribution in [0.4, 0.5) is 49.6 Å². The summed E-state index contributed by atoms with van der Waals surface area (Å²) >= 11 is 1.95. The molecule has 0 spiro atoms. The first-order chi connectivity index (χ1) is 18.3. The second-order valence-electron chi connectivity index (χ2n) is 8.83. The molecule has 0 amide bonds. The van der Waals surface area contributed by atoms with Gasteiger partial charge in [0.15, 0.2) is 0 Å². The maximum absolute atomic E-state index is 14.0. The van der Waals surface area contributed by atoms with Gasteiger partial charge < -0.3 is 4.74 Å². The predicted octanol–water partition coefficient (Wildman–Crippen LogP) is 8.75. The zero-order valence-corrected chi connectivity index (χ0v) is 22.0. The fourth-order valence-electron chi connectivity index (χ4n) is 3.97. The SMILES string of the molecule is Cc1cc(Cc2cc(C(F)(F)C(F)(F)F)cc(C(F)(F)C(F)(F)F)c2)ccc1N=C1OC(=O)c2c(I)cccc21. The van der Waals surface area contributed by atoms with Crippen molar-refractivity contribution in [2.45, 2.75) is 37.5 Å². The third kappa shape index (κ3) is 5.41. The van der Waals surface area contributed by atoms with E-state index in [9.17, 15) is 48.7 Å². The van der Waals surface area contributed by atoms with Crippen LogP contribution < -0.4 is 0 Å². The average molecular weight is 689 g/mol. The number of benzene rings is 3. The molecule has 1 heterocycles. The largest absolute Gasteiger partial charge is 0.458 e. The van der Waals surface area contributed by atoms with Gasteiger partial charge >= 0.3 is 30.2 Å². The number of aliphatic imine (C=N–C) groups is 1. The number of esters is 1. The number of cyclic esters (lactones) is 1. The molecular formula is C26H14F10INO2. The molecule has 0 saturated heterocycles. The molecule has 1 aliphatic rings. The average Bonchev–Trinajstić information content (AvgIpc) is 3.15. The Morgan fingerprint density at radius 2 is 1.35 bits per heavy atom. The van der Waals surface area contributed by atoms with Crippen molar-refractivity contribution < 1.29 is 53.4 Å². The standard InChI is InChI=1S/C26H14F10INO2/c1-12-7-13(5-6-19(12)38-21-17-3-2-4-18(37)20(17)22(39)40-21)8-14-9-15(23(27,28)25(31,32)33)11-16(10-14)24(29,30)26(34,35)36/h2-7,9-11H,8H2,1H3. The normalized spacial score (nSPS) is 15.4. The first-order valence-corrected chi connectivity index (χ1v) is 12.1. The Morgan fingerprint density at radius 3 is 1.88 bits per heavy atom. The molecule has 4 rings (SSSR count). The minimum absolute atomic E-state index is 0.00419. The molecule has 0 aromatic heterocycles. The molecule has 3 aromatic rings. The Kier molecular flexibility index (Phi) is 7.47. The van der Waals surface area contributed by atoms with Gasteiger partial charge in [0.05, 0.1) is 16.8 Å². The highest BCUT2D eigenvalue weighted by atomic mass is 127. The van der Waals surface area contributed by atoms with E-state index < -0.39 is 59.3 Å². The van der Waals surface area contributed by atoms with Crippen molar-refractivity contribution in [3.63, 3.8) is 0 Å². The molecule has 0 saturated carbocycles. The van der Waals surface area contributed by atoms with Gasteiger partial charge in [-0.1, -0.05) is 18.2 Å². The van der Waals surface area contributed by atoms with E-state index in [2.05, 4.69) is 4.99 Å². The highest BCUT2D eigenvalue weighted by Gasteiger charge is 2.61. The lowest BCUT2D eigenvalue weighted by Gasteiger charge is -2.25. The number of alkyl halides is 10. The predicted molar refractivity (Wildman–Crippen MR) is 131 cm³/mol. The molecule has 212 valence electrons. The van der Waals surface area contributed by atoms with Gasteiger partial charge in [-0.3, -0.25) is 0 Å². The molecule has 0 unspecified atom stereocenters. The Hall–Kier alpha value is -3.17. The van der Waals surface area contributed by atoms with Crippen molar-refractivity contribution in [3.05, 3.63) is 97.1 Å². The number of ether oxygens (including phenoxy) is 1. The first-order valence-electron chi connectivity index (χ1n) is 11.1. The van der Waals surface area contributed by atoms with Crippen LogP contribution in [0.25, 0.3) is 0 Å². The summed E-state index contributed by atoms with van der Waals surface area (Å²) < 4.78 is 140. The molecule has 1 aliphatic heterocycles. The Balaban J connectivity index is 1.72. The lowest BCUT2D eigenvalue weighted by atomic mass is 9.93. The van der Waals surface area contributed by atoms with Crippen LogP contribution in [0, 0.1) is 10.5 Å². The number of carbonyl (C=O) groups excluding carboxylic acids is 1. The third-order valence-electron chi connectivity index (χ3n) is 5.96. The molecule has 14 heteroatoms. The van der Waals surface area contributed by atoms with Crippen molar-refractivity contribution in [1.82, 2.24) is 0 Å². The number of fused-ring (bicyclic) bond motifs is 1. The van der Waals surface area contributed by atoms with Gasteiger partial charge in [0.25, 0.3) is 0 Å². The fourth-order valence-corrected chi connectivity index (χ4v) is 4.69. The topological polar surface area (TPSA) is 38.7 Å². The Morgan fingerprint density at radius 1 is 0.775 bits per heavy atom. The van der Waals surface area contributed by atoms with E-state index in [-0.39, 0.29) is 29.3 Å². The molecule has 0 atom stereocenters. The van der Waals surface area contributed by atoms with Gasteiger partial charge in [0.1, 0.15) is 0 Å². The Bertz CT molecular complexity index is 1480. The van der Waals surface area contributed by atoms with Crippen molar-refractivity contribution in [1.29, 1.82) is 0 Å². The molecule has 0 N–H and O–H groups in total. The third-order valence-corrected chi connectivity index (χ3v) is 6.86. The van der Waals surface area contributed by atoms with Gasteiger partial charge in [0.2, 0.25) is 5.90 Å². The van der Waals surface area contributed by atoms with E-state index in [0.29, 0.717) is 20.3 Å². The smallest absolute Gasteiger partial charge is 0.403 e. The summed E-state index contributed by atoms with van der Waals surface area (Å²) in [6.07, 6.45) is -13.0.